The maximum absolute atomic E-state index is 3.95. The predicted octanol–water partition coefficient (Wildman–Crippen LogP) is 2.20. The number of hydrogen-bond donors (Lipinski definition) is 2. The Morgan fingerprint density at radius 2 is 1.12 bits per heavy atom. The Labute approximate surface area is 154 Å². The highest BCUT2D eigenvalue weighted by Crippen LogP contribution is 2.11. The van der Waals surface area contributed by atoms with Gasteiger partial charge in [0, 0.05) is 49.0 Å². The van der Waals surface area contributed by atoms with Crippen molar-refractivity contribution in [3.05, 3.63) is 60.7 Å². The van der Waals surface area contributed by atoms with Crippen molar-refractivity contribution in [3.63, 3.8) is 0 Å². The lowest BCUT2D eigenvalue weighted by Crippen LogP contribution is -2.07. The van der Waals surface area contributed by atoms with E-state index < -0.39 is 0 Å². The molecule has 4 heterocycles. The molecule has 2 aromatic heterocycles. The van der Waals surface area contributed by atoms with Crippen LogP contribution in [0.15, 0.2) is 49.6 Å². The minimum absolute atomic E-state index is 0.681. The van der Waals surface area contributed by atoms with Crippen LogP contribution in [0.1, 0.15) is 24.0 Å². The first-order valence-electron chi connectivity index (χ1n) is 9.18. The predicted molar refractivity (Wildman–Crippen MR) is 104 cm³/mol. The Kier molecular flexibility index (Phi) is 7.43. The van der Waals surface area contributed by atoms with Crippen molar-refractivity contribution < 1.29 is 0 Å². The van der Waals surface area contributed by atoms with Crippen LogP contribution in [0.25, 0.3) is 12.2 Å². The van der Waals surface area contributed by atoms with E-state index in [-0.39, 0.29) is 0 Å². The number of hydrogen-bond acceptors (Lipinski definition) is 6. The quantitative estimate of drug-likeness (QED) is 0.880. The van der Waals surface area contributed by atoms with E-state index in [0.717, 1.165) is 37.3 Å². The molecular formula is C20H26N6. The van der Waals surface area contributed by atoms with E-state index in [2.05, 4.69) is 54.9 Å². The third kappa shape index (κ3) is 6.46. The van der Waals surface area contributed by atoms with Crippen molar-refractivity contribution in [2.45, 2.75) is 12.8 Å². The lowest BCUT2D eigenvalue weighted by atomic mass is 10.1. The number of nitrogens with zero attached hydrogens (tertiary/aromatic N) is 4. The van der Waals surface area contributed by atoms with Crippen molar-refractivity contribution in [2.75, 3.05) is 26.2 Å². The molecule has 0 amide bonds. The minimum Gasteiger partial charge on any atom is -0.316 e. The van der Waals surface area contributed by atoms with Gasteiger partial charge in [-0.05, 0) is 37.8 Å². The van der Waals surface area contributed by atoms with Crippen LogP contribution in [0.4, 0.5) is 0 Å². The van der Waals surface area contributed by atoms with Crippen LogP contribution in [0.5, 0.6) is 0 Å². The molecule has 0 radical (unpaired) electrons. The third-order valence-corrected chi connectivity index (χ3v) is 4.48. The molecule has 6 nitrogen and oxygen atoms in total. The Bertz CT molecular complexity index is 612. The summed E-state index contributed by atoms with van der Waals surface area (Å²) in [5.74, 6) is 1.36. The van der Waals surface area contributed by atoms with Crippen molar-refractivity contribution in [1.82, 2.24) is 30.6 Å². The zero-order valence-corrected chi connectivity index (χ0v) is 15.0. The molecule has 2 fully saturated rings. The Morgan fingerprint density at radius 1 is 0.692 bits per heavy atom. The van der Waals surface area contributed by atoms with E-state index in [0.29, 0.717) is 11.8 Å². The first-order valence-corrected chi connectivity index (χ1v) is 9.18. The monoisotopic (exact) mass is 350 g/mol. The van der Waals surface area contributed by atoms with Gasteiger partial charge >= 0.3 is 0 Å². The van der Waals surface area contributed by atoms with E-state index in [1.54, 1.807) is 12.7 Å². The molecule has 0 saturated carbocycles. The molecule has 6 heteroatoms. The fourth-order valence-corrected chi connectivity index (χ4v) is 2.97. The van der Waals surface area contributed by atoms with Crippen molar-refractivity contribution >= 4 is 12.2 Å². The molecule has 4 rings (SSSR count). The summed E-state index contributed by atoms with van der Waals surface area (Å²) in [5.41, 5.74) is 2.16. The SMILES string of the molecule is C(=C\[C@H]1CCNC1)/c1cncnc1.C(=C\[C@H]1CCNC1)/c1cncnc1. The fraction of sp³-hybridized carbons (Fsp3) is 0.400. The van der Waals surface area contributed by atoms with Crippen LogP contribution < -0.4 is 10.6 Å². The largest absolute Gasteiger partial charge is 0.316 e. The molecular weight excluding hydrogens is 324 g/mol. The van der Waals surface area contributed by atoms with Crippen LogP contribution in [0, 0.1) is 11.8 Å². The number of rotatable bonds is 4. The highest BCUT2D eigenvalue weighted by molar-refractivity contribution is 5.47. The summed E-state index contributed by atoms with van der Waals surface area (Å²) in [6, 6.07) is 0. The van der Waals surface area contributed by atoms with Gasteiger partial charge in [0.05, 0.1) is 0 Å². The first-order chi connectivity index (χ1) is 12.9. The minimum atomic E-state index is 0.681. The average molecular weight is 350 g/mol. The summed E-state index contributed by atoms with van der Waals surface area (Å²) in [5, 5.41) is 6.65. The number of nitrogens with one attached hydrogen (secondary N) is 2. The fourth-order valence-electron chi connectivity index (χ4n) is 2.97. The van der Waals surface area contributed by atoms with Crippen molar-refractivity contribution in [1.29, 1.82) is 0 Å². The van der Waals surface area contributed by atoms with Crippen LogP contribution in [0.2, 0.25) is 0 Å². The molecule has 2 N–H and O–H groups in total. The van der Waals surface area contributed by atoms with Gasteiger partial charge in [-0.2, -0.15) is 0 Å². The summed E-state index contributed by atoms with van der Waals surface area (Å²) in [6.45, 7) is 4.48. The third-order valence-electron chi connectivity index (χ3n) is 4.48. The molecule has 0 unspecified atom stereocenters. The van der Waals surface area contributed by atoms with Crippen LogP contribution in [-0.2, 0) is 0 Å². The summed E-state index contributed by atoms with van der Waals surface area (Å²) in [6.07, 6.45) is 21.5. The van der Waals surface area contributed by atoms with Gasteiger partial charge in [-0.25, -0.2) is 19.9 Å². The van der Waals surface area contributed by atoms with E-state index >= 15 is 0 Å². The van der Waals surface area contributed by atoms with E-state index in [1.807, 2.05) is 24.8 Å². The molecule has 136 valence electrons. The maximum atomic E-state index is 3.95. The van der Waals surface area contributed by atoms with E-state index in [9.17, 15) is 0 Å². The Morgan fingerprint density at radius 3 is 1.46 bits per heavy atom. The van der Waals surface area contributed by atoms with Gasteiger partial charge in [-0.1, -0.05) is 24.3 Å². The molecule has 0 aliphatic carbocycles. The molecule has 26 heavy (non-hydrogen) atoms. The normalized spacial score (nSPS) is 22.6. The summed E-state index contributed by atoms with van der Waals surface area (Å²) in [4.78, 5) is 15.8. The lowest BCUT2D eigenvalue weighted by molar-refractivity contribution is 0.731. The second-order valence-electron chi connectivity index (χ2n) is 6.57. The zero-order valence-electron chi connectivity index (χ0n) is 15.0. The maximum Gasteiger partial charge on any atom is 0.115 e. The van der Waals surface area contributed by atoms with Gasteiger partial charge in [0.1, 0.15) is 12.7 Å². The Hall–Kier alpha value is -2.44. The number of aromatic nitrogens is 4. The van der Waals surface area contributed by atoms with Gasteiger partial charge in [-0.3, -0.25) is 0 Å². The Balaban J connectivity index is 0.000000151. The lowest BCUT2D eigenvalue weighted by Gasteiger charge is -1.98. The van der Waals surface area contributed by atoms with Crippen LogP contribution in [0.3, 0.4) is 0 Å². The van der Waals surface area contributed by atoms with Crippen molar-refractivity contribution in [3.8, 4) is 0 Å². The first kappa shape index (κ1) is 18.4. The highest BCUT2D eigenvalue weighted by atomic mass is 14.9. The second-order valence-corrected chi connectivity index (χ2v) is 6.57. The highest BCUT2D eigenvalue weighted by Gasteiger charge is 2.10. The molecule has 2 aromatic rings. The van der Waals surface area contributed by atoms with E-state index in [4.69, 9.17) is 0 Å². The molecule has 0 aromatic carbocycles. The molecule has 2 aliphatic rings. The zero-order chi connectivity index (χ0) is 17.9. The average Bonchev–Trinajstić information content (AvgIpc) is 3.41. The molecule has 0 spiro atoms. The molecule has 0 bridgehead atoms. The van der Waals surface area contributed by atoms with Gasteiger partial charge in [-0.15, -0.1) is 0 Å². The van der Waals surface area contributed by atoms with Crippen molar-refractivity contribution in [2.24, 2.45) is 11.8 Å². The summed E-state index contributed by atoms with van der Waals surface area (Å²) < 4.78 is 0. The van der Waals surface area contributed by atoms with Crippen LogP contribution in [-0.4, -0.2) is 46.1 Å². The smallest absolute Gasteiger partial charge is 0.115 e. The van der Waals surface area contributed by atoms with E-state index in [1.165, 1.54) is 12.8 Å². The standard InChI is InChI=1S/2C10H13N3/c2*1(9-3-4-11-5-9)2-10-6-12-8-13-7-10/h2*1-2,6-9,11H,3-5H2/b2*2-1+/t2*9-/m00/s1. The molecule has 2 saturated heterocycles. The van der Waals surface area contributed by atoms with Gasteiger partial charge in [0.25, 0.3) is 0 Å². The van der Waals surface area contributed by atoms with Gasteiger partial charge < -0.3 is 10.6 Å². The molecule has 2 atom stereocenters. The summed E-state index contributed by atoms with van der Waals surface area (Å²) in [7, 11) is 0. The second kappa shape index (κ2) is 10.5. The topological polar surface area (TPSA) is 75.6 Å². The van der Waals surface area contributed by atoms with Gasteiger partial charge in [0.2, 0.25) is 0 Å². The van der Waals surface area contributed by atoms with Crippen LogP contribution >= 0.6 is 0 Å². The molecule has 2 aliphatic heterocycles. The van der Waals surface area contributed by atoms with Gasteiger partial charge in [0.15, 0.2) is 0 Å². The summed E-state index contributed by atoms with van der Waals surface area (Å²) >= 11 is 0.